The lowest BCUT2D eigenvalue weighted by atomic mass is 9.46. The Bertz CT molecular complexity index is 650. The van der Waals surface area contributed by atoms with Gasteiger partial charge in [-0.3, -0.25) is 9.59 Å². The van der Waals surface area contributed by atoms with Crippen molar-refractivity contribution in [2.24, 2.45) is 34.5 Å². The molecule has 4 aliphatic carbocycles. The van der Waals surface area contributed by atoms with Crippen molar-refractivity contribution in [1.29, 1.82) is 0 Å². The number of ketones is 1. The molecule has 6 unspecified atom stereocenters. The average molecular weight is 373 g/mol. The zero-order chi connectivity index (χ0) is 19.2. The van der Waals surface area contributed by atoms with Gasteiger partial charge in [-0.2, -0.15) is 0 Å². The lowest BCUT2D eigenvalue weighted by molar-refractivity contribution is -0.140. The third kappa shape index (κ3) is 3.09. The molecule has 0 aromatic carbocycles. The molecule has 3 fully saturated rings. The molecule has 150 valence electrons. The van der Waals surface area contributed by atoms with Crippen LogP contribution in [0.4, 0.5) is 0 Å². The largest absolute Gasteiger partial charge is 0.469 e. The molecule has 0 saturated heterocycles. The minimum atomic E-state index is -0.0650. The summed E-state index contributed by atoms with van der Waals surface area (Å²) in [5.41, 5.74) is 2.21. The third-order valence-electron chi connectivity index (χ3n) is 9.32. The highest BCUT2D eigenvalue weighted by Gasteiger charge is 2.58. The van der Waals surface area contributed by atoms with Gasteiger partial charge in [-0.05, 0) is 98.4 Å². The summed E-state index contributed by atoms with van der Waals surface area (Å²) >= 11 is 0. The van der Waals surface area contributed by atoms with Gasteiger partial charge >= 0.3 is 5.97 Å². The maximum atomic E-state index is 12.0. The molecular weight excluding hydrogens is 336 g/mol. The van der Waals surface area contributed by atoms with E-state index in [0.717, 1.165) is 49.4 Å². The molecule has 0 aromatic rings. The molecule has 0 bridgehead atoms. The number of carbonyl (C=O) groups is 2. The fourth-order valence-electron chi connectivity index (χ4n) is 7.74. The fourth-order valence-corrected chi connectivity index (χ4v) is 7.74. The van der Waals surface area contributed by atoms with Crippen LogP contribution >= 0.6 is 0 Å². The van der Waals surface area contributed by atoms with E-state index in [-0.39, 0.29) is 11.4 Å². The third-order valence-corrected chi connectivity index (χ3v) is 9.32. The number of hydrogen-bond acceptors (Lipinski definition) is 3. The second kappa shape index (κ2) is 7.04. The van der Waals surface area contributed by atoms with Crippen LogP contribution in [0.2, 0.25) is 0 Å². The van der Waals surface area contributed by atoms with E-state index >= 15 is 0 Å². The Morgan fingerprint density at radius 3 is 2.70 bits per heavy atom. The fraction of sp³-hybridized carbons (Fsp3) is 0.833. The Labute approximate surface area is 164 Å². The van der Waals surface area contributed by atoms with Gasteiger partial charge in [0.2, 0.25) is 0 Å². The number of methoxy groups -OCH3 is 1. The van der Waals surface area contributed by atoms with Gasteiger partial charge in [0.05, 0.1) is 7.11 Å². The van der Waals surface area contributed by atoms with Gasteiger partial charge in [0, 0.05) is 12.8 Å². The number of hydrogen-bond donors (Lipinski definition) is 0. The summed E-state index contributed by atoms with van der Waals surface area (Å²) in [5, 5.41) is 0. The molecule has 4 rings (SSSR count). The second-order valence-corrected chi connectivity index (χ2v) is 10.3. The topological polar surface area (TPSA) is 43.4 Å². The Balaban J connectivity index is 1.48. The van der Waals surface area contributed by atoms with Crippen LogP contribution < -0.4 is 0 Å². The molecule has 0 radical (unpaired) electrons. The molecule has 0 heterocycles. The molecule has 6 atom stereocenters. The SMILES string of the molecule is COC(=O)CCCC1CCC2C3CCC4=CC(=O)CCC4(C)C3CCC12C. The first-order chi connectivity index (χ1) is 12.9. The standard InChI is InChI=1S/C24H36O3/c1-23-14-12-21-19(9-7-17-15-18(25)11-13-24(17,21)2)20(23)10-8-16(23)5-4-6-22(26)27-3/h15-16,19-21H,4-14H2,1-3H3. The van der Waals surface area contributed by atoms with Crippen molar-refractivity contribution >= 4 is 11.8 Å². The summed E-state index contributed by atoms with van der Waals surface area (Å²) in [5.74, 6) is 3.52. The molecule has 3 heteroatoms. The summed E-state index contributed by atoms with van der Waals surface area (Å²) in [6.07, 6.45) is 14.3. The molecule has 0 aliphatic heterocycles. The van der Waals surface area contributed by atoms with E-state index in [1.54, 1.807) is 0 Å². The maximum Gasteiger partial charge on any atom is 0.305 e. The summed E-state index contributed by atoms with van der Waals surface area (Å²) in [7, 11) is 1.49. The summed E-state index contributed by atoms with van der Waals surface area (Å²) in [6.45, 7) is 5.02. The molecule has 0 N–H and O–H groups in total. The molecule has 0 spiro atoms. The zero-order valence-electron chi connectivity index (χ0n) is 17.4. The minimum Gasteiger partial charge on any atom is -0.469 e. The summed E-state index contributed by atoms with van der Waals surface area (Å²) in [4.78, 5) is 23.4. The highest BCUT2D eigenvalue weighted by atomic mass is 16.5. The van der Waals surface area contributed by atoms with Crippen molar-refractivity contribution in [3.8, 4) is 0 Å². The van der Waals surface area contributed by atoms with E-state index in [1.165, 1.54) is 51.2 Å². The average Bonchev–Trinajstić information content (AvgIpc) is 2.99. The monoisotopic (exact) mass is 372 g/mol. The van der Waals surface area contributed by atoms with Crippen LogP contribution in [-0.4, -0.2) is 18.9 Å². The summed E-state index contributed by atoms with van der Waals surface area (Å²) < 4.78 is 4.82. The van der Waals surface area contributed by atoms with Gasteiger partial charge in [-0.25, -0.2) is 0 Å². The maximum absolute atomic E-state index is 12.0. The van der Waals surface area contributed by atoms with Crippen LogP contribution in [0.25, 0.3) is 0 Å². The van der Waals surface area contributed by atoms with E-state index in [0.29, 0.717) is 17.6 Å². The second-order valence-electron chi connectivity index (χ2n) is 10.3. The van der Waals surface area contributed by atoms with Gasteiger partial charge in [-0.1, -0.05) is 19.4 Å². The quantitative estimate of drug-likeness (QED) is 0.614. The van der Waals surface area contributed by atoms with Crippen LogP contribution in [0.5, 0.6) is 0 Å². The number of esters is 1. The predicted octanol–water partition coefficient (Wildman–Crippen LogP) is 5.48. The lowest BCUT2D eigenvalue weighted by Crippen LogP contribution is -2.50. The molecular formula is C24H36O3. The van der Waals surface area contributed by atoms with Gasteiger partial charge in [0.1, 0.15) is 0 Å². The van der Waals surface area contributed by atoms with Gasteiger partial charge in [-0.15, -0.1) is 0 Å². The Morgan fingerprint density at radius 1 is 1.11 bits per heavy atom. The first-order valence-corrected chi connectivity index (χ1v) is 11.2. The first-order valence-electron chi connectivity index (χ1n) is 11.2. The highest BCUT2D eigenvalue weighted by molar-refractivity contribution is 5.91. The minimum absolute atomic E-state index is 0.0650. The molecule has 0 aromatic heterocycles. The van der Waals surface area contributed by atoms with Crippen molar-refractivity contribution in [2.75, 3.05) is 7.11 Å². The van der Waals surface area contributed by atoms with Crippen molar-refractivity contribution in [2.45, 2.75) is 84.5 Å². The van der Waals surface area contributed by atoms with Crippen LogP contribution in [0.1, 0.15) is 84.5 Å². The summed E-state index contributed by atoms with van der Waals surface area (Å²) in [6, 6.07) is 0. The molecule has 3 nitrogen and oxygen atoms in total. The first kappa shape index (κ1) is 19.2. The smallest absolute Gasteiger partial charge is 0.305 e. The number of allylic oxidation sites excluding steroid dienone is 1. The van der Waals surface area contributed by atoms with Crippen molar-refractivity contribution in [1.82, 2.24) is 0 Å². The Kier molecular flexibility index (Phi) is 5.01. The van der Waals surface area contributed by atoms with E-state index < -0.39 is 0 Å². The van der Waals surface area contributed by atoms with Gasteiger partial charge in [0.25, 0.3) is 0 Å². The molecule has 0 amide bonds. The van der Waals surface area contributed by atoms with Crippen molar-refractivity contribution < 1.29 is 14.3 Å². The molecule has 27 heavy (non-hydrogen) atoms. The Morgan fingerprint density at radius 2 is 1.93 bits per heavy atom. The zero-order valence-corrected chi connectivity index (χ0v) is 17.4. The predicted molar refractivity (Wildman–Crippen MR) is 106 cm³/mol. The van der Waals surface area contributed by atoms with Gasteiger partial charge < -0.3 is 4.74 Å². The number of rotatable bonds is 4. The number of carbonyl (C=O) groups excluding carboxylic acids is 2. The van der Waals surface area contributed by atoms with Crippen molar-refractivity contribution in [3.63, 3.8) is 0 Å². The lowest BCUT2D eigenvalue weighted by Gasteiger charge is -2.58. The normalized spacial score (nSPS) is 43.4. The van der Waals surface area contributed by atoms with E-state index in [2.05, 4.69) is 13.8 Å². The van der Waals surface area contributed by atoms with E-state index in [1.807, 2.05) is 6.08 Å². The van der Waals surface area contributed by atoms with Crippen molar-refractivity contribution in [3.05, 3.63) is 11.6 Å². The highest BCUT2D eigenvalue weighted by Crippen LogP contribution is 2.67. The number of fused-ring (bicyclic) bond motifs is 5. The van der Waals surface area contributed by atoms with Crippen LogP contribution in [0, 0.1) is 34.5 Å². The van der Waals surface area contributed by atoms with E-state index in [9.17, 15) is 9.59 Å². The number of ether oxygens (including phenoxy) is 1. The van der Waals surface area contributed by atoms with Gasteiger partial charge in [0.15, 0.2) is 5.78 Å². The molecule has 3 saturated carbocycles. The van der Waals surface area contributed by atoms with Crippen LogP contribution in [0.15, 0.2) is 11.6 Å². The van der Waals surface area contributed by atoms with E-state index in [4.69, 9.17) is 4.74 Å². The molecule has 4 aliphatic rings. The Hall–Kier alpha value is -1.12. The van der Waals surface area contributed by atoms with Crippen LogP contribution in [-0.2, 0) is 14.3 Å². The van der Waals surface area contributed by atoms with Crippen LogP contribution in [0.3, 0.4) is 0 Å².